The molecule has 0 fully saturated rings. The Morgan fingerprint density at radius 2 is 2.21 bits per heavy atom. The number of hydrogen-bond acceptors (Lipinski definition) is 4. The molecule has 0 radical (unpaired) electrons. The van der Waals surface area contributed by atoms with E-state index >= 15 is 0 Å². The van der Waals surface area contributed by atoms with Crippen molar-refractivity contribution in [2.45, 2.75) is 12.7 Å². The number of hydrogen-bond donors (Lipinski definition) is 2. The number of carbonyl (C=O) groups excluding carboxylic acids is 1. The molecule has 0 atom stereocenters. The summed E-state index contributed by atoms with van der Waals surface area (Å²) in [6.45, 7) is -1.42. The number of rotatable bonds is 5. The predicted molar refractivity (Wildman–Crippen MR) is 59.7 cm³/mol. The molecule has 0 bridgehead atoms. The molecule has 0 saturated heterocycles. The zero-order chi connectivity index (χ0) is 14.5. The van der Waals surface area contributed by atoms with Gasteiger partial charge in [-0.25, -0.2) is 9.78 Å². The standard InChI is InChI=1S/C10H11F3N4O2/c11-10(12,13)5-19-8-2-1-7(3-16-8)4-17(6-14)9(15)18/h1-3,6,14H,4-5H2,(H2,15,18). The zero-order valence-electron chi connectivity index (χ0n) is 9.65. The van der Waals surface area contributed by atoms with E-state index in [4.69, 9.17) is 11.1 Å². The highest BCUT2D eigenvalue weighted by molar-refractivity contribution is 5.83. The number of nitrogens with zero attached hydrogens (tertiary/aromatic N) is 2. The van der Waals surface area contributed by atoms with E-state index < -0.39 is 18.8 Å². The summed E-state index contributed by atoms with van der Waals surface area (Å²) in [5, 5.41) is 6.95. The Labute approximate surface area is 106 Å². The van der Waals surface area contributed by atoms with Crippen LogP contribution in [-0.4, -0.2) is 35.0 Å². The minimum Gasteiger partial charge on any atom is -0.468 e. The van der Waals surface area contributed by atoms with Crippen molar-refractivity contribution < 1.29 is 22.7 Å². The number of nitrogens with one attached hydrogen (secondary N) is 1. The van der Waals surface area contributed by atoms with Gasteiger partial charge in [0.1, 0.15) is 0 Å². The topological polar surface area (TPSA) is 92.3 Å². The Bertz CT molecular complexity index is 447. The largest absolute Gasteiger partial charge is 0.468 e. The maximum atomic E-state index is 11.9. The van der Waals surface area contributed by atoms with Crippen molar-refractivity contribution in [3.63, 3.8) is 0 Å². The summed E-state index contributed by atoms with van der Waals surface area (Å²) >= 11 is 0. The number of primary amides is 1. The molecule has 19 heavy (non-hydrogen) atoms. The molecule has 0 aliphatic heterocycles. The summed E-state index contributed by atoms with van der Waals surface area (Å²) in [4.78, 5) is 15.4. The number of halogens is 3. The van der Waals surface area contributed by atoms with Crippen molar-refractivity contribution in [1.82, 2.24) is 9.88 Å². The van der Waals surface area contributed by atoms with Crippen LogP contribution in [-0.2, 0) is 6.54 Å². The van der Waals surface area contributed by atoms with E-state index in [1.165, 1.54) is 18.3 Å². The molecule has 0 unspecified atom stereocenters. The van der Waals surface area contributed by atoms with Gasteiger partial charge in [-0.1, -0.05) is 6.07 Å². The molecule has 104 valence electrons. The van der Waals surface area contributed by atoms with E-state index in [-0.39, 0.29) is 12.4 Å². The van der Waals surface area contributed by atoms with Gasteiger partial charge >= 0.3 is 12.2 Å². The first-order valence-corrected chi connectivity index (χ1v) is 5.03. The predicted octanol–water partition coefficient (Wildman–Crippen LogP) is 1.51. The maximum Gasteiger partial charge on any atom is 0.422 e. The highest BCUT2D eigenvalue weighted by atomic mass is 19.4. The van der Waals surface area contributed by atoms with Gasteiger partial charge < -0.3 is 10.5 Å². The number of urea groups is 1. The highest BCUT2D eigenvalue weighted by Crippen LogP contribution is 2.17. The zero-order valence-corrected chi connectivity index (χ0v) is 9.65. The third kappa shape index (κ3) is 5.23. The van der Waals surface area contributed by atoms with Gasteiger partial charge in [0, 0.05) is 12.3 Å². The van der Waals surface area contributed by atoms with Gasteiger partial charge in [-0.3, -0.25) is 10.3 Å². The molecule has 1 aromatic rings. The summed E-state index contributed by atoms with van der Waals surface area (Å²) in [6.07, 6.45) is -2.44. The third-order valence-corrected chi connectivity index (χ3v) is 1.97. The SMILES string of the molecule is N=CN(Cc1ccc(OCC(F)(F)F)nc1)C(N)=O. The molecule has 0 aromatic carbocycles. The third-order valence-electron chi connectivity index (χ3n) is 1.97. The fraction of sp³-hybridized carbons (Fsp3) is 0.300. The van der Waals surface area contributed by atoms with Crippen LogP contribution in [0.25, 0.3) is 0 Å². The number of aromatic nitrogens is 1. The van der Waals surface area contributed by atoms with Crippen LogP contribution in [0.5, 0.6) is 5.88 Å². The number of pyridine rings is 1. The lowest BCUT2D eigenvalue weighted by atomic mass is 10.3. The molecule has 2 amide bonds. The molecule has 3 N–H and O–H groups in total. The molecule has 6 nitrogen and oxygen atoms in total. The van der Waals surface area contributed by atoms with Gasteiger partial charge in [0.15, 0.2) is 6.61 Å². The lowest BCUT2D eigenvalue weighted by Gasteiger charge is -2.14. The second-order valence-electron chi connectivity index (χ2n) is 3.50. The molecule has 0 spiro atoms. The molecule has 0 aliphatic carbocycles. The minimum atomic E-state index is -4.43. The first-order chi connectivity index (χ1) is 8.81. The Kier molecular flexibility index (Phi) is 4.67. The van der Waals surface area contributed by atoms with Crippen molar-refractivity contribution in [2.75, 3.05) is 6.61 Å². The van der Waals surface area contributed by atoms with E-state index in [9.17, 15) is 18.0 Å². The molecule has 9 heteroatoms. The number of alkyl halides is 3. The summed E-state index contributed by atoms with van der Waals surface area (Å²) < 4.78 is 40.1. The van der Waals surface area contributed by atoms with Gasteiger partial charge in [0.05, 0.1) is 12.9 Å². The molecular formula is C10H11F3N4O2. The summed E-state index contributed by atoms with van der Waals surface area (Å²) in [7, 11) is 0. The number of nitrogens with two attached hydrogens (primary N) is 1. The van der Waals surface area contributed by atoms with Crippen LogP contribution in [0.3, 0.4) is 0 Å². The number of carbonyl (C=O) groups is 1. The first kappa shape index (κ1) is 14.7. The summed E-state index contributed by atoms with van der Waals surface area (Å²) in [5.41, 5.74) is 5.49. The van der Waals surface area contributed by atoms with Crippen LogP contribution < -0.4 is 10.5 Å². The van der Waals surface area contributed by atoms with Gasteiger partial charge in [-0.2, -0.15) is 13.2 Å². The lowest BCUT2D eigenvalue weighted by Crippen LogP contribution is -2.33. The Morgan fingerprint density at radius 3 is 2.63 bits per heavy atom. The van der Waals surface area contributed by atoms with E-state index in [0.29, 0.717) is 5.56 Å². The van der Waals surface area contributed by atoms with Crippen molar-refractivity contribution in [3.05, 3.63) is 23.9 Å². The number of ether oxygens (including phenoxy) is 1. The second kappa shape index (κ2) is 6.03. The van der Waals surface area contributed by atoms with Crippen LogP contribution in [0, 0.1) is 5.41 Å². The van der Waals surface area contributed by atoms with Crippen molar-refractivity contribution in [2.24, 2.45) is 5.73 Å². The highest BCUT2D eigenvalue weighted by Gasteiger charge is 2.28. The fourth-order valence-electron chi connectivity index (χ4n) is 1.13. The van der Waals surface area contributed by atoms with Crippen molar-refractivity contribution >= 4 is 12.4 Å². The smallest absolute Gasteiger partial charge is 0.422 e. The number of amides is 2. The van der Waals surface area contributed by atoms with Crippen LogP contribution in [0.1, 0.15) is 5.56 Å². The van der Waals surface area contributed by atoms with Crippen LogP contribution in [0.4, 0.5) is 18.0 Å². The first-order valence-electron chi connectivity index (χ1n) is 5.03. The molecule has 1 heterocycles. The maximum absolute atomic E-state index is 11.9. The molecule has 0 saturated carbocycles. The fourth-order valence-corrected chi connectivity index (χ4v) is 1.13. The average molecular weight is 276 g/mol. The lowest BCUT2D eigenvalue weighted by molar-refractivity contribution is -0.154. The Morgan fingerprint density at radius 1 is 1.53 bits per heavy atom. The Hall–Kier alpha value is -2.32. The quantitative estimate of drug-likeness (QED) is 0.630. The van der Waals surface area contributed by atoms with E-state index in [2.05, 4.69) is 9.72 Å². The normalized spacial score (nSPS) is 10.9. The van der Waals surface area contributed by atoms with E-state index in [1.54, 1.807) is 0 Å². The molecule has 1 aromatic heterocycles. The van der Waals surface area contributed by atoms with E-state index in [0.717, 1.165) is 11.2 Å². The summed E-state index contributed by atoms with van der Waals surface area (Å²) in [5.74, 6) is -0.179. The van der Waals surface area contributed by atoms with Gasteiger partial charge in [0.2, 0.25) is 5.88 Å². The van der Waals surface area contributed by atoms with Crippen LogP contribution in [0.2, 0.25) is 0 Å². The average Bonchev–Trinajstić information content (AvgIpc) is 2.33. The van der Waals surface area contributed by atoms with E-state index in [1.807, 2.05) is 0 Å². The minimum absolute atomic E-state index is 0.00534. The van der Waals surface area contributed by atoms with Crippen LogP contribution in [0.15, 0.2) is 18.3 Å². The molecular weight excluding hydrogens is 265 g/mol. The Balaban J connectivity index is 2.61. The van der Waals surface area contributed by atoms with Crippen molar-refractivity contribution in [1.29, 1.82) is 5.41 Å². The molecule has 1 rings (SSSR count). The monoisotopic (exact) mass is 276 g/mol. The van der Waals surface area contributed by atoms with Gasteiger partial charge in [-0.15, -0.1) is 0 Å². The van der Waals surface area contributed by atoms with Gasteiger partial charge in [-0.05, 0) is 5.56 Å². The molecule has 0 aliphatic rings. The van der Waals surface area contributed by atoms with Crippen molar-refractivity contribution in [3.8, 4) is 5.88 Å². The van der Waals surface area contributed by atoms with Crippen LogP contribution >= 0.6 is 0 Å². The van der Waals surface area contributed by atoms with Gasteiger partial charge in [0.25, 0.3) is 0 Å². The summed E-state index contributed by atoms with van der Waals surface area (Å²) in [6, 6.07) is 1.86. The second-order valence-corrected chi connectivity index (χ2v) is 3.50.